The molecule has 1 aromatic rings. The highest BCUT2D eigenvalue weighted by Crippen LogP contribution is 2.26. The summed E-state index contributed by atoms with van der Waals surface area (Å²) >= 11 is 4.55. The van der Waals surface area contributed by atoms with Gasteiger partial charge in [-0.2, -0.15) is 0 Å². The van der Waals surface area contributed by atoms with Gasteiger partial charge in [0.2, 0.25) is 0 Å². The second kappa shape index (κ2) is 4.75. The maximum atomic E-state index is 5.19. The number of methoxy groups -OCH3 is 1. The molecule has 0 heterocycles. The van der Waals surface area contributed by atoms with Crippen molar-refractivity contribution in [2.24, 2.45) is 4.99 Å². The van der Waals surface area contributed by atoms with Gasteiger partial charge in [0.1, 0.15) is 5.75 Å². The van der Waals surface area contributed by atoms with Crippen molar-refractivity contribution >= 4 is 17.4 Å². The summed E-state index contributed by atoms with van der Waals surface area (Å²) in [7, 11) is 1.65. The van der Waals surface area contributed by atoms with E-state index >= 15 is 0 Å². The quantitative estimate of drug-likeness (QED) is 0.544. The Hall–Kier alpha value is -1.18. The van der Waals surface area contributed by atoms with Crippen LogP contribution in [0.1, 0.15) is 18.5 Å². The largest absolute Gasteiger partial charge is 0.496 e. The predicted molar refractivity (Wildman–Crippen MR) is 56.4 cm³/mol. The summed E-state index contributed by atoms with van der Waals surface area (Å²) in [6, 6.07) is 7.77. The summed E-state index contributed by atoms with van der Waals surface area (Å²) in [5, 5.41) is 2.37. The van der Waals surface area contributed by atoms with Crippen LogP contribution in [0, 0.1) is 0 Å². The summed E-state index contributed by atoms with van der Waals surface area (Å²) in [6.45, 7) is 1.96. The lowest BCUT2D eigenvalue weighted by molar-refractivity contribution is 0.407. The third-order valence-electron chi connectivity index (χ3n) is 1.84. The van der Waals surface area contributed by atoms with Gasteiger partial charge in [0, 0.05) is 5.56 Å². The van der Waals surface area contributed by atoms with Crippen molar-refractivity contribution in [3.63, 3.8) is 0 Å². The number of rotatable bonds is 3. The summed E-state index contributed by atoms with van der Waals surface area (Å²) in [6.07, 6.45) is 0. The molecular weight excluding hydrogens is 182 g/mol. The van der Waals surface area contributed by atoms with Gasteiger partial charge in [-0.05, 0) is 25.2 Å². The number of benzene rings is 1. The fraction of sp³-hybridized carbons (Fsp3) is 0.300. The zero-order valence-corrected chi connectivity index (χ0v) is 8.47. The lowest BCUT2D eigenvalue weighted by atomic mass is 10.1. The van der Waals surface area contributed by atoms with Crippen molar-refractivity contribution in [2.75, 3.05) is 7.11 Å². The van der Waals surface area contributed by atoms with Gasteiger partial charge in [-0.15, -0.1) is 0 Å². The lowest BCUT2D eigenvalue weighted by Gasteiger charge is -2.09. The minimum absolute atomic E-state index is 0.00801. The minimum Gasteiger partial charge on any atom is -0.496 e. The first-order valence-electron chi connectivity index (χ1n) is 3.99. The highest BCUT2D eigenvalue weighted by atomic mass is 32.1. The molecule has 1 unspecified atom stereocenters. The molecule has 3 heteroatoms. The molecule has 0 aliphatic carbocycles. The van der Waals surface area contributed by atoms with E-state index in [-0.39, 0.29) is 6.04 Å². The molecule has 0 aliphatic rings. The van der Waals surface area contributed by atoms with Crippen LogP contribution in [0.15, 0.2) is 29.3 Å². The normalized spacial score (nSPS) is 11.5. The number of nitrogens with zero attached hydrogens (tertiary/aromatic N) is 1. The molecule has 0 aliphatic heterocycles. The molecule has 0 spiro atoms. The highest BCUT2D eigenvalue weighted by Gasteiger charge is 2.07. The first kappa shape index (κ1) is 9.90. The van der Waals surface area contributed by atoms with Crippen molar-refractivity contribution in [1.82, 2.24) is 0 Å². The summed E-state index contributed by atoms with van der Waals surface area (Å²) in [5.74, 6) is 0.837. The van der Waals surface area contributed by atoms with E-state index < -0.39 is 0 Å². The molecule has 1 atom stereocenters. The van der Waals surface area contributed by atoms with E-state index in [1.807, 2.05) is 31.2 Å². The number of aliphatic imine (C=N–C) groups is 1. The molecule has 0 N–H and O–H groups in total. The molecule has 2 nitrogen and oxygen atoms in total. The van der Waals surface area contributed by atoms with Crippen LogP contribution in [-0.2, 0) is 0 Å². The Morgan fingerprint density at radius 3 is 2.77 bits per heavy atom. The maximum Gasteiger partial charge on any atom is 0.124 e. The molecule has 0 amide bonds. The van der Waals surface area contributed by atoms with Gasteiger partial charge in [-0.3, -0.25) is 0 Å². The average Bonchev–Trinajstić information content (AvgIpc) is 2.18. The molecule has 0 radical (unpaired) electrons. The molecule has 1 aromatic carbocycles. The Morgan fingerprint density at radius 1 is 1.46 bits per heavy atom. The summed E-state index contributed by atoms with van der Waals surface area (Å²) in [5.41, 5.74) is 1.03. The Labute approximate surface area is 83.3 Å². The van der Waals surface area contributed by atoms with Crippen molar-refractivity contribution in [1.29, 1.82) is 0 Å². The van der Waals surface area contributed by atoms with Crippen molar-refractivity contribution in [3.05, 3.63) is 29.8 Å². The standard InChI is InChI=1S/C10H11NOS/c1-8(11-7-13)9-5-3-4-6-10(9)12-2/h3-6,8H,1-2H3. The van der Waals surface area contributed by atoms with Crippen molar-refractivity contribution in [3.8, 4) is 5.75 Å². The molecule has 68 valence electrons. The van der Waals surface area contributed by atoms with Crippen molar-refractivity contribution < 1.29 is 4.74 Å². The number of ether oxygens (including phenoxy) is 1. The first-order chi connectivity index (χ1) is 6.29. The molecule has 0 aromatic heterocycles. The number of isothiocyanates is 1. The number of hydrogen-bond donors (Lipinski definition) is 0. The number of hydrogen-bond acceptors (Lipinski definition) is 3. The Balaban J connectivity index is 3.04. The fourth-order valence-electron chi connectivity index (χ4n) is 1.16. The molecular formula is C10H11NOS. The van der Waals surface area contributed by atoms with Crippen LogP contribution in [0.4, 0.5) is 0 Å². The van der Waals surface area contributed by atoms with Gasteiger partial charge in [-0.25, -0.2) is 4.99 Å². The summed E-state index contributed by atoms with van der Waals surface area (Å²) in [4.78, 5) is 3.99. The van der Waals surface area contributed by atoms with Crippen LogP contribution in [-0.4, -0.2) is 12.3 Å². The van der Waals surface area contributed by atoms with Crippen LogP contribution >= 0.6 is 12.2 Å². The van der Waals surface area contributed by atoms with E-state index in [1.54, 1.807) is 7.11 Å². The van der Waals surface area contributed by atoms with E-state index in [0.717, 1.165) is 11.3 Å². The topological polar surface area (TPSA) is 21.6 Å². The smallest absolute Gasteiger partial charge is 0.124 e. The molecule has 0 bridgehead atoms. The second-order valence-electron chi connectivity index (χ2n) is 2.64. The van der Waals surface area contributed by atoms with Gasteiger partial charge in [0.05, 0.1) is 18.3 Å². The Morgan fingerprint density at radius 2 is 2.15 bits per heavy atom. The predicted octanol–water partition coefficient (Wildman–Crippen LogP) is 2.86. The number of para-hydroxylation sites is 1. The van der Waals surface area contributed by atoms with Crippen LogP contribution in [0.3, 0.4) is 0 Å². The van der Waals surface area contributed by atoms with Crippen molar-refractivity contribution in [2.45, 2.75) is 13.0 Å². The second-order valence-corrected chi connectivity index (χ2v) is 2.82. The summed E-state index contributed by atoms with van der Waals surface area (Å²) < 4.78 is 5.19. The van der Waals surface area contributed by atoms with Crippen LogP contribution in [0.2, 0.25) is 0 Å². The zero-order chi connectivity index (χ0) is 9.68. The van der Waals surface area contributed by atoms with Crippen LogP contribution in [0.25, 0.3) is 0 Å². The average molecular weight is 193 g/mol. The zero-order valence-electron chi connectivity index (χ0n) is 7.65. The Bertz CT molecular complexity index is 331. The Kier molecular flexibility index (Phi) is 3.62. The van der Waals surface area contributed by atoms with Gasteiger partial charge in [-0.1, -0.05) is 18.2 Å². The SMILES string of the molecule is COc1ccccc1C(C)N=C=S. The molecule has 0 saturated heterocycles. The highest BCUT2D eigenvalue weighted by molar-refractivity contribution is 7.78. The van der Waals surface area contributed by atoms with Crippen LogP contribution in [0.5, 0.6) is 5.75 Å². The molecule has 0 saturated carbocycles. The maximum absolute atomic E-state index is 5.19. The third kappa shape index (κ3) is 2.38. The number of thiocarbonyl (C=S) groups is 1. The van der Waals surface area contributed by atoms with E-state index in [9.17, 15) is 0 Å². The molecule has 1 rings (SSSR count). The monoisotopic (exact) mass is 193 g/mol. The minimum atomic E-state index is 0.00801. The lowest BCUT2D eigenvalue weighted by Crippen LogP contribution is -1.94. The van der Waals surface area contributed by atoms with Crippen LogP contribution < -0.4 is 4.74 Å². The van der Waals surface area contributed by atoms with Gasteiger partial charge >= 0.3 is 0 Å². The molecule has 13 heavy (non-hydrogen) atoms. The fourth-order valence-corrected chi connectivity index (χ4v) is 1.32. The first-order valence-corrected chi connectivity index (χ1v) is 4.40. The van der Waals surface area contributed by atoms with Gasteiger partial charge in [0.25, 0.3) is 0 Å². The van der Waals surface area contributed by atoms with E-state index in [4.69, 9.17) is 4.74 Å². The third-order valence-corrected chi connectivity index (χ3v) is 1.94. The van der Waals surface area contributed by atoms with E-state index in [2.05, 4.69) is 22.4 Å². The van der Waals surface area contributed by atoms with Gasteiger partial charge in [0.15, 0.2) is 0 Å². The van der Waals surface area contributed by atoms with Gasteiger partial charge < -0.3 is 4.74 Å². The van der Waals surface area contributed by atoms with E-state index in [1.165, 1.54) is 0 Å². The van der Waals surface area contributed by atoms with E-state index in [0.29, 0.717) is 0 Å². The molecule has 0 fully saturated rings.